The first-order valence-corrected chi connectivity index (χ1v) is 10.3. The Morgan fingerprint density at radius 2 is 2.00 bits per heavy atom. The molecule has 1 aliphatic rings. The van der Waals surface area contributed by atoms with E-state index in [0.29, 0.717) is 30.1 Å². The maximum absolute atomic E-state index is 12.7. The number of carbonyl (C=O) groups excluding carboxylic acids is 1. The fourth-order valence-corrected chi connectivity index (χ4v) is 4.96. The summed E-state index contributed by atoms with van der Waals surface area (Å²) in [5.41, 5.74) is 4.24. The standard InChI is InChI=1S/C19H15N3O3S2/c1-2-22-13-8-14-15(25-6-5-24-14)9-17(13)27-19(22)21-18(23)11-3-4-12-16(7-11)26-10-20-12/h3-4,7-10H,2,5-6H2,1H3. The Balaban J connectivity index is 1.63. The van der Waals surface area contributed by atoms with E-state index in [0.717, 1.165) is 31.9 Å². The van der Waals surface area contributed by atoms with Crippen molar-refractivity contribution in [1.29, 1.82) is 0 Å². The van der Waals surface area contributed by atoms with Gasteiger partial charge in [0.15, 0.2) is 16.3 Å². The van der Waals surface area contributed by atoms with Crippen molar-refractivity contribution in [3.8, 4) is 11.5 Å². The second-order valence-electron chi connectivity index (χ2n) is 6.04. The van der Waals surface area contributed by atoms with E-state index < -0.39 is 0 Å². The van der Waals surface area contributed by atoms with Gasteiger partial charge in [0.1, 0.15) is 13.2 Å². The number of fused-ring (bicyclic) bond motifs is 3. The third-order valence-corrected chi connectivity index (χ3v) is 6.27. The number of rotatable bonds is 2. The van der Waals surface area contributed by atoms with Crippen LogP contribution < -0.4 is 14.3 Å². The van der Waals surface area contributed by atoms with E-state index in [4.69, 9.17) is 9.47 Å². The monoisotopic (exact) mass is 397 g/mol. The van der Waals surface area contributed by atoms with Gasteiger partial charge < -0.3 is 14.0 Å². The highest BCUT2D eigenvalue weighted by molar-refractivity contribution is 7.17. The summed E-state index contributed by atoms with van der Waals surface area (Å²) in [6.45, 7) is 3.84. The Hall–Kier alpha value is -2.71. The molecule has 2 aromatic carbocycles. The number of amides is 1. The molecule has 136 valence electrons. The van der Waals surface area contributed by atoms with E-state index in [-0.39, 0.29) is 5.91 Å². The average Bonchev–Trinajstić information content (AvgIpc) is 3.28. The van der Waals surface area contributed by atoms with Crippen LogP contribution in [0, 0.1) is 0 Å². The van der Waals surface area contributed by atoms with E-state index in [1.807, 2.05) is 35.8 Å². The molecule has 4 aromatic rings. The Kier molecular flexibility index (Phi) is 3.95. The summed E-state index contributed by atoms with van der Waals surface area (Å²) in [6, 6.07) is 9.42. The third kappa shape index (κ3) is 2.81. The summed E-state index contributed by atoms with van der Waals surface area (Å²) in [4.78, 5) is 22.1. The molecule has 8 heteroatoms. The normalized spacial score (nSPS) is 14.2. The number of thiazole rings is 2. The minimum atomic E-state index is -0.253. The third-order valence-electron chi connectivity index (χ3n) is 4.44. The summed E-state index contributed by atoms with van der Waals surface area (Å²) in [7, 11) is 0. The zero-order valence-electron chi connectivity index (χ0n) is 14.5. The predicted octanol–water partition coefficient (Wildman–Crippen LogP) is 3.84. The van der Waals surface area contributed by atoms with E-state index in [2.05, 4.69) is 9.98 Å². The topological polar surface area (TPSA) is 65.7 Å². The fraction of sp³-hybridized carbons (Fsp3) is 0.211. The summed E-state index contributed by atoms with van der Waals surface area (Å²) in [6.07, 6.45) is 0. The number of ether oxygens (including phenoxy) is 2. The highest BCUT2D eigenvalue weighted by atomic mass is 32.1. The lowest BCUT2D eigenvalue weighted by Crippen LogP contribution is -2.17. The van der Waals surface area contributed by atoms with Gasteiger partial charge in [-0.2, -0.15) is 4.99 Å². The van der Waals surface area contributed by atoms with Gasteiger partial charge in [0, 0.05) is 24.2 Å². The first kappa shape index (κ1) is 16.5. The molecule has 0 N–H and O–H groups in total. The van der Waals surface area contributed by atoms with Gasteiger partial charge in [-0.25, -0.2) is 4.98 Å². The lowest BCUT2D eigenvalue weighted by molar-refractivity contribution is 0.0998. The molecule has 1 aliphatic heterocycles. The van der Waals surface area contributed by atoms with E-state index in [9.17, 15) is 4.79 Å². The predicted molar refractivity (Wildman–Crippen MR) is 106 cm³/mol. The van der Waals surface area contributed by atoms with Crippen LogP contribution in [0.3, 0.4) is 0 Å². The molecule has 0 atom stereocenters. The number of aryl methyl sites for hydroxylation is 1. The van der Waals surface area contributed by atoms with E-state index in [1.54, 1.807) is 11.6 Å². The Bertz CT molecular complexity index is 1250. The van der Waals surface area contributed by atoms with Gasteiger partial charge in [0.2, 0.25) is 0 Å². The Morgan fingerprint density at radius 1 is 1.19 bits per heavy atom. The molecule has 0 radical (unpaired) electrons. The quantitative estimate of drug-likeness (QED) is 0.515. The lowest BCUT2D eigenvalue weighted by atomic mass is 10.2. The number of hydrogen-bond donors (Lipinski definition) is 0. The molecule has 3 heterocycles. The highest BCUT2D eigenvalue weighted by Crippen LogP contribution is 2.35. The fourth-order valence-electron chi connectivity index (χ4n) is 3.14. The zero-order chi connectivity index (χ0) is 18.4. The first-order chi connectivity index (χ1) is 13.2. The Labute approximate surface area is 162 Å². The molecular formula is C19H15N3O3S2. The maximum Gasteiger partial charge on any atom is 0.279 e. The van der Waals surface area contributed by atoms with Crippen LogP contribution >= 0.6 is 22.7 Å². The molecule has 27 heavy (non-hydrogen) atoms. The van der Waals surface area contributed by atoms with Crippen LogP contribution in [-0.2, 0) is 6.54 Å². The molecule has 0 fully saturated rings. The van der Waals surface area contributed by atoms with Crippen LogP contribution in [0.15, 0.2) is 40.8 Å². The molecule has 0 aliphatic carbocycles. The molecule has 0 bridgehead atoms. The summed E-state index contributed by atoms with van der Waals surface area (Å²) in [5, 5.41) is 0. The molecule has 0 saturated carbocycles. The van der Waals surface area contributed by atoms with E-state index >= 15 is 0 Å². The van der Waals surface area contributed by atoms with Gasteiger partial charge in [-0.15, -0.1) is 11.3 Å². The summed E-state index contributed by atoms with van der Waals surface area (Å²) < 4.78 is 15.4. The number of nitrogens with zero attached hydrogens (tertiary/aromatic N) is 3. The van der Waals surface area contributed by atoms with E-state index in [1.165, 1.54) is 22.7 Å². The molecule has 0 spiro atoms. The van der Waals surface area contributed by atoms with Gasteiger partial charge in [-0.3, -0.25) is 4.79 Å². The highest BCUT2D eigenvalue weighted by Gasteiger charge is 2.16. The van der Waals surface area contributed by atoms with Crippen LogP contribution in [0.25, 0.3) is 20.4 Å². The molecule has 2 aromatic heterocycles. The van der Waals surface area contributed by atoms with Crippen molar-refractivity contribution in [2.45, 2.75) is 13.5 Å². The average molecular weight is 397 g/mol. The van der Waals surface area contributed by atoms with Gasteiger partial charge in [0.05, 0.1) is 25.9 Å². The van der Waals surface area contributed by atoms with Crippen LogP contribution in [0.4, 0.5) is 0 Å². The van der Waals surface area contributed by atoms with Crippen molar-refractivity contribution >= 4 is 49.0 Å². The molecule has 6 nitrogen and oxygen atoms in total. The second-order valence-corrected chi connectivity index (χ2v) is 7.94. The summed E-state index contributed by atoms with van der Waals surface area (Å²) in [5.74, 6) is 1.23. The van der Waals surface area contributed by atoms with Gasteiger partial charge in [-0.1, -0.05) is 11.3 Å². The molecular weight excluding hydrogens is 382 g/mol. The van der Waals surface area contributed by atoms with Crippen LogP contribution in [0.1, 0.15) is 17.3 Å². The number of aromatic nitrogens is 2. The van der Waals surface area contributed by atoms with Crippen molar-refractivity contribution in [3.63, 3.8) is 0 Å². The van der Waals surface area contributed by atoms with Gasteiger partial charge in [-0.05, 0) is 25.1 Å². The summed E-state index contributed by atoms with van der Waals surface area (Å²) >= 11 is 3.00. The van der Waals surface area contributed by atoms with Crippen molar-refractivity contribution in [2.24, 2.45) is 4.99 Å². The second kappa shape index (κ2) is 6.47. The maximum atomic E-state index is 12.7. The minimum absolute atomic E-state index is 0.253. The number of hydrogen-bond acceptors (Lipinski definition) is 6. The minimum Gasteiger partial charge on any atom is -0.486 e. The zero-order valence-corrected chi connectivity index (χ0v) is 16.1. The van der Waals surface area contributed by atoms with Gasteiger partial charge in [0.25, 0.3) is 5.91 Å². The van der Waals surface area contributed by atoms with Crippen molar-refractivity contribution in [2.75, 3.05) is 13.2 Å². The van der Waals surface area contributed by atoms with Crippen molar-refractivity contribution in [1.82, 2.24) is 9.55 Å². The molecule has 5 rings (SSSR count). The molecule has 0 unspecified atom stereocenters. The largest absolute Gasteiger partial charge is 0.486 e. The SMILES string of the molecule is CCn1c(=NC(=O)c2ccc3ncsc3c2)sc2cc3c(cc21)OCCO3. The lowest BCUT2D eigenvalue weighted by Gasteiger charge is -2.18. The van der Waals surface area contributed by atoms with Crippen molar-refractivity contribution < 1.29 is 14.3 Å². The van der Waals surface area contributed by atoms with Crippen LogP contribution in [0.5, 0.6) is 11.5 Å². The smallest absolute Gasteiger partial charge is 0.279 e. The van der Waals surface area contributed by atoms with Crippen LogP contribution in [0.2, 0.25) is 0 Å². The number of benzene rings is 2. The first-order valence-electron chi connectivity index (χ1n) is 8.58. The van der Waals surface area contributed by atoms with Gasteiger partial charge >= 0.3 is 0 Å². The Morgan fingerprint density at radius 3 is 2.81 bits per heavy atom. The molecule has 0 saturated heterocycles. The van der Waals surface area contributed by atoms with Crippen LogP contribution in [-0.4, -0.2) is 28.7 Å². The molecule has 1 amide bonds. The van der Waals surface area contributed by atoms with Crippen molar-refractivity contribution in [3.05, 3.63) is 46.2 Å². The number of carbonyl (C=O) groups is 1.